The number of Topliss-reactive ketones (excluding diaryl/α,β-unsaturated/α-hetero) is 1. The molecule has 1 aliphatic rings. The van der Waals surface area contributed by atoms with Gasteiger partial charge in [0.1, 0.15) is 12.2 Å². The van der Waals surface area contributed by atoms with E-state index in [-0.39, 0.29) is 23.6 Å². The fourth-order valence-corrected chi connectivity index (χ4v) is 2.13. The normalized spacial score (nSPS) is 22.9. The van der Waals surface area contributed by atoms with E-state index in [9.17, 15) is 14.7 Å². The second kappa shape index (κ2) is 6.41. The molecule has 0 saturated heterocycles. The highest BCUT2D eigenvalue weighted by Gasteiger charge is 2.34. The Morgan fingerprint density at radius 3 is 2.70 bits per heavy atom. The molecule has 0 amide bonds. The second-order valence-electron chi connectivity index (χ2n) is 4.54. The number of ether oxygens (including phenoxy) is 1. The predicted molar refractivity (Wildman–Crippen MR) is 75.0 cm³/mol. The molecule has 0 fully saturated rings. The molecule has 20 heavy (non-hydrogen) atoms. The van der Waals surface area contributed by atoms with Gasteiger partial charge in [0, 0.05) is 19.1 Å². The Balaban J connectivity index is 2.13. The predicted octanol–water partition coefficient (Wildman–Crippen LogP) is 1.54. The van der Waals surface area contributed by atoms with Gasteiger partial charge >= 0.3 is 0 Å². The molecule has 2 rings (SSSR count). The molecule has 0 bridgehead atoms. The first-order chi connectivity index (χ1) is 9.63. The molecule has 0 spiro atoms. The molecular weight excluding hydrogens is 256 g/mol. The molecule has 4 nitrogen and oxygen atoms in total. The van der Waals surface area contributed by atoms with Crippen LogP contribution in [0, 0.1) is 0 Å². The summed E-state index contributed by atoms with van der Waals surface area (Å²) in [5.41, 5.74) is 1.11. The van der Waals surface area contributed by atoms with Crippen molar-refractivity contribution >= 4 is 17.6 Å². The zero-order chi connectivity index (χ0) is 14.5. The minimum atomic E-state index is -1.20. The summed E-state index contributed by atoms with van der Waals surface area (Å²) in [5, 5.41) is 10.00. The van der Waals surface area contributed by atoms with Crippen LogP contribution < -0.4 is 0 Å². The molecule has 0 heterocycles. The summed E-state index contributed by atoms with van der Waals surface area (Å²) in [6, 6.07) is 9.38. The van der Waals surface area contributed by atoms with Crippen LogP contribution in [-0.2, 0) is 14.3 Å². The van der Waals surface area contributed by atoms with Crippen LogP contribution in [0.2, 0.25) is 0 Å². The van der Waals surface area contributed by atoms with Crippen molar-refractivity contribution in [2.24, 2.45) is 0 Å². The lowest BCUT2D eigenvalue weighted by Gasteiger charge is -2.25. The van der Waals surface area contributed by atoms with Crippen molar-refractivity contribution in [1.29, 1.82) is 0 Å². The number of benzene rings is 1. The Morgan fingerprint density at radius 2 is 2.05 bits per heavy atom. The van der Waals surface area contributed by atoms with Crippen LogP contribution in [0.1, 0.15) is 12.0 Å². The molecule has 0 aliphatic heterocycles. The lowest BCUT2D eigenvalue weighted by atomic mass is 9.90. The largest absolute Gasteiger partial charge is 0.385 e. The van der Waals surface area contributed by atoms with Crippen LogP contribution in [0.3, 0.4) is 0 Å². The minimum absolute atomic E-state index is 0.107. The lowest BCUT2D eigenvalue weighted by molar-refractivity contribution is -0.134. The molecule has 1 aliphatic carbocycles. The van der Waals surface area contributed by atoms with Crippen LogP contribution >= 0.6 is 0 Å². The van der Waals surface area contributed by atoms with Gasteiger partial charge in [0.15, 0.2) is 11.6 Å². The number of rotatable bonds is 4. The summed E-state index contributed by atoms with van der Waals surface area (Å²) >= 11 is 0. The Hall–Kier alpha value is -2.04. The summed E-state index contributed by atoms with van der Waals surface area (Å²) in [5.74, 6) is -0.528. The Kier molecular flexibility index (Phi) is 4.61. The second-order valence-corrected chi connectivity index (χ2v) is 4.54. The molecule has 1 aromatic rings. The summed E-state index contributed by atoms with van der Waals surface area (Å²) in [4.78, 5) is 23.6. The number of ketones is 2. The van der Waals surface area contributed by atoms with Crippen molar-refractivity contribution < 1.29 is 19.4 Å². The van der Waals surface area contributed by atoms with Crippen molar-refractivity contribution in [2.45, 2.75) is 18.6 Å². The molecule has 0 saturated carbocycles. The molecule has 4 heteroatoms. The SMILES string of the molecule is COC1C(=O)CC=C(C(=O)C=Cc2ccccc2)C1O. The monoisotopic (exact) mass is 272 g/mol. The number of hydrogen-bond acceptors (Lipinski definition) is 4. The van der Waals surface area contributed by atoms with E-state index in [0.29, 0.717) is 0 Å². The highest BCUT2D eigenvalue weighted by atomic mass is 16.5. The number of allylic oxidation sites excluding steroid dienone is 2. The molecule has 1 N–H and O–H groups in total. The van der Waals surface area contributed by atoms with Gasteiger partial charge in [-0.2, -0.15) is 0 Å². The summed E-state index contributed by atoms with van der Waals surface area (Å²) in [7, 11) is 1.35. The highest BCUT2D eigenvalue weighted by Crippen LogP contribution is 2.20. The zero-order valence-electron chi connectivity index (χ0n) is 11.2. The summed E-state index contributed by atoms with van der Waals surface area (Å²) in [6.45, 7) is 0. The number of carbonyl (C=O) groups is 2. The molecule has 2 atom stereocenters. The quantitative estimate of drug-likeness (QED) is 0.845. The smallest absolute Gasteiger partial charge is 0.184 e. The fraction of sp³-hybridized carbons (Fsp3) is 0.250. The molecule has 2 unspecified atom stereocenters. The average molecular weight is 272 g/mol. The Labute approximate surface area is 117 Å². The van der Waals surface area contributed by atoms with Gasteiger partial charge < -0.3 is 9.84 Å². The fourth-order valence-electron chi connectivity index (χ4n) is 2.13. The topological polar surface area (TPSA) is 63.6 Å². The maximum Gasteiger partial charge on any atom is 0.184 e. The first-order valence-electron chi connectivity index (χ1n) is 6.34. The van der Waals surface area contributed by atoms with E-state index in [1.807, 2.05) is 30.3 Å². The van der Waals surface area contributed by atoms with Crippen LogP contribution in [0.15, 0.2) is 48.1 Å². The van der Waals surface area contributed by atoms with Gasteiger partial charge in [0.25, 0.3) is 0 Å². The zero-order valence-corrected chi connectivity index (χ0v) is 11.2. The lowest BCUT2D eigenvalue weighted by Crippen LogP contribution is -2.41. The number of aliphatic hydroxyl groups is 1. The summed E-state index contributed by atoms with van der Waals surface area (Å²) < 4.78 is 4.94. The standard InChI is InChI=1S/C16H16O4/c1-20-16-14(18)10-8-12(15(16)19)13(17)9-7-11-5-3-2-4-6-11/h2-9,15-16,19H,10H2,1H3. The average Bonchev–Trinajstić information content (AvgIpc) is 2.46. The van der Waals surface area contributed by atoms with Gasteiger partial charge in [0.05, 0.1) is 0 Å². The van der Waals surface area contributed by atoms with Gasteiger partial charge in [-0.1, -0.05) is 42.5 Å². The Morgan fingerprint density at radius 1 is 1.35 bits per heavy atom. The minimum Gasteiger partial charge on any atom is -0.385 e. The maximum atomic E-state index is 12.1. The maximum absolute atomic E-state index is 12.1. The van der Waals surface area contributed by atoms with Crippen LogP contribution in [0.25, 0.3) is 6.08 Å². The van der Waals surface area contributed by atoms with Crippen LogP contribution in [-0.4, -0.2) is 36.0 Å². The van der Waals surface area contributed by atoms with Crippen LogP contribution in [0.4, 0.5) is 0 Å². The molecule has 0 aromatic heterocycles. The first-order valence-corrected chi connectivity index (χ1v) is 6.34. The molecule has 1 aromatic carbocycles. The van der Waals surface area contributed by atoms with Crippen LogP contribution in [0.5, 0.6) is 0 Å². The van der Waals surface area contributed by atoms with Crippen molar-refractivity contribution in [3.05, 3.63) is 53.6 Å². The number of hydrogen-bond donors (Lipinski definition) is 1. The van der Waals surface area contributed by atoms with E-state index in [4.69, 9.17) is 4.74 Å². The van der Waals surface area contributed by atoms with E-state index < -0.39 is 12.2 Å². The van der Waals surface area contributed by atoms with Gasteiger partial charge in [-0.3, -0.25) is 9.59 Å². The van der Waals surface area contributed by atoms with Gasteiger partial charge in [-0.05, 0) is 11.6 Å². The molecule has 104 valence electrons. The molecular formula is C16H16O4. The number of carbonyl (C=O) groups excluding carboxylic acids is 2. The summed E-state index contributed by atoms with van der Waals surface area (Å²) in [6.07, 6.45) is 2.50. The van der Waals surface area contributed by atoms with E-state index in [1.54, 1.807) is 6.08 Å². The number of aliphatic hydroxyl groups excluding tert-OH is 1. The van der Waals surface area contributed by atoms with E-state index in [2.05, 4.69) is 0 Å². The first kappa shape index (κ1) is 14.4. The highest BCUT2D eigenvalue weighted by molar-refractivity contribution is 6.09. The third kappa shape index (κ3) is 3.10. The number of methoxy groups -OCH3 is 1. The van der Waals surface area contributed by atoms with E-state index >= 15 is 0 Å². The van der Waals surface area contributed by atoms with E-state index in [1.165, 1.54) is 19.3 Å². The van der Waals surface area contributed by atoms with Crippen molar-refractivity contribution in [1.82, 2.24) is 0 Å². The van der Waals surface area contributed by atoms with E-state index in [0.717, 1.165) is 5.56 Å². The van der Waals surface area contributed by atoms with Crippen molar-refractivity contribution in [3.8, 4) is 0 Å². The van der Waals surface area contributed by atoms with Gasteiger partial charge in [0.2, 0.25) is 0 Å². The van der Waals surface area contributed by atoms with Crippen molar-refractivity contribution in [2.75, 3.05) is 7.11 Å². The molecule has 0 radical (unpaired) electrons. The third-order valence-electron chi connectivity index (χ3n) is 3.21. The Bertz CT molecular complexity index is 557. The third-order valence-corrected chi connectivity index (χ3v) is 3.21. The van der Waals surface area contributed by atoms with Gasteiger partial charge in [-0.25, -0.2) is 0 Å². The van der Waals surface area contributed by atoms with Gasteiger partial charge in [-0.15, -0.1) is 0 Å². The van der Waals surface area contributed by atoms with Crippen molar-refractivity contribution in [3.63, 3.8) is 0 Å².